The largest absolute Gasteiger partial charge is 0.480 e. The lowest BCUT2D eigenvalue weighted by Crippen LogP contribution is -2.59. The van der Waals surface area contributed by atoms with Crippen molar-refractivity contribution in [1.29, 1.82) is 10.8 Å². The van der Waals surface area contributed by atoms with E-state index < -0.39 is 115 Å². The number of carboxylic acids is 1. The predicted octanol–water partition coefficient (Wildman–Crippen LogP) is -2.78. The van der Waals surface area contributed by atoms with E-state index in [2.05, 4.69) is 58.2 Å². The van der Waals surface area contributed by atoms with Gasteiger partial charge in [-0.1, -0.05) is 48.5 Å². The van der Waals surface area contributed by atoms with E-state index in [1.54, 1.807) is 43.6 Å². The number of carbonyl (C=O) groups excluding carboxylic acids is 9. The van der Waals surface area contributed by atoms with Crippen LogP contribution in [-0.2, 0) is 60.8 Å². The summed E-state index contributed by atoms with van der Waals surface area (Å²) >= 11 is 0. The number of nitrogens with one attached hydrogen (secondary N) is 13. The Morgan fingerprint density at radius 2 is 1.08 bits per heavy atom. The molecule has 27 heteroatoms. The van der Waals surface area contributed by atoms with Crippen molar-refractivity contribution in [3.8, 4) is 0 Å². The number of aromatic amines is 1. The van der Waals surface area contributed by atoms with Crippen molar-refractivity contribution in [3.63, 3.8) is 0 Å². The lowest BCUT2D eigenvalue weighted by Gasteiger charge is -2.27. The molecule has 1 heterocycles. The molecule has 0 radical (unpaired) electrons. The summed E-state index contributed by atoms with van der Waals surface area (Å²) in [5.41, 5.74) is 18.5. The van der Waals surface area contributed by atoms with Crippen LogP contribution in [0, 0.1) is 10.8 Å². The Morgan fingerprint density at radius 1 is 0.584 bits per heavy atom. The van der Waals surface area contributed by atoms with Crippen LogP contribution in [0.15, 0.2) is 60.8 Å². The summed E-state index contributed by atoms with van der Waals surface area (Å²) in [6.07, 6.45) is 1.61. The fourth-order valence-corrected chi connectivity index (χ4v) is 8.02. The number of rotatable bonds is 36. The highest BCUT2D eigenvalue weighted by molar-refractivity contribution is 5.96. The first-order valence-corrected chi connectivity index (χ1v) is 25.1. The molecule has 0 saturated heterocycles. The Labute approximate surface area is 445 Å². The van der Waals surface area contributed by atoms with E-state index in [4.69, 9.17) is 28.0 Å². The monoisotopic (exact) mass is 1070 g/mol. The Bertz CT molecular complexity index is 2510. The van der Waals surface area contributed by atoms with Gasteiger partial charge in [0.05, 0.1) is 12.1 Å². The van der Waals surface area contributed by atoms with Crippen LogP contribution in [0.2, 0.25) is 0 Å². The van der Waals surface area contributed by atoms with Crippen molar-refractivity contribution in [2.24, 2.45) is 17.2 Å². The Hall–Kier alpha value is -8.62. The number of aldehydes is 1. The van der Waals surface area contributed by atoms with Crippen molar-refractivity contribution >= 4 is 82.3 Å². The summed E-state index contributed by atoms with van der Waals surface area (Å²) in [6, 6.07) is 7.30. The molecular weight excluding hydrogens is 1000 g/mol. The van der Waals surface area contributed by atoms with Crippen LogP contribution in [-0.4, -0.2) is 150 Å². The standard InChI is InChI=1S/C50H74N16O11/c1-29(68)61-35(16-9-24-59-50(54)55)43(71)64-37(19-21-42(70)57-22-10-17-38(48(76)77)65-46(74)39(56-2)26-31-27-60-34-15-7-6-14-33(31)34)44(72)63-36(18-20-41(51)69)45(73)66-40(25-30-11-4-3-5-12-30)47(75)62-32(28-67)13-8-23-58-49(52)53/h3-7,11-12,14-15,27-28,32,35-40,56,60H,8-10,13,16-26H2,1-2H3,(H2,51,69)(H,57,70)(H,61,68)(H,62,75)(H,63,72)(H,64,71)(H,65,74)(H,66,73)(H,76,77)(H4,52,53,58)(H4,54,55,59)/t32-,35?,36?,37?,38?,39-,40?/m0/s1. The number of hydrogen-bond donors (Lipinski definition) is 17. The normalized spacial score (nSPS) is 13.6. The molecule has 0 aliphatic heterocycles. The summed E-state index contributed by atoms with van der Waals surface area (Å²) in [7, 11) is 1.59. The number of carbonyl (C=O) groups is 10. The van der Waals surface area contributed by atoms with E-state index in [0.29, 0.717) is 18.3 Å². The zero-order chi connectivity index (χ0) is 56.9. The van der Waals surface area contributed by atoms with Gasteiger partial charge in [-0.15, -0.1) is 0 Å². The van der Waals surface area contributed by atoms with Crippen LogP contribution in [0.4, 0.5) is 0 Å². The predicted molar refractivity (Wildman–Crippen MR) is 284 cm³/mol. The van der Waals surface area contributed by atoms with Crippen LogP contribution >= 0.6 is 0 Å². The van der Waals surface area contributed by atoms with Crippen molar-refractivity contribution in [1.82, 2.24) is 58.2 Å². The van der Waals surface area contributed by atoms with Crippen LogP contribution in [0.3, 0.4) is 0 Å². The van der Waals surface area contributed by atoms with Gasteiger partial charge in [-0.05, 0) is 82.0 Å². The van der Waals surface area contributed by atoms with Crippen LogP contribution in [0.1, 0.15) is 82.3 Å². The van der Waals surface area contributed by atoms with Gasteiger partial charge in [0.15, 0.2) is 11.9 Å². The maximum atomic E-state index is 14.3. The molecule has 0 aliphatic rings. The van der Waals surface area contributed by atoms with Crippen LogP contribution < -0.4 is 70.4 Å². The molecule has 0 aliphatic carbocycles. The topological polar surface area (TPSA) is 453 Å². The molecule has 420 valence electrons. The molecule has 0 bridgehead atoms. The maximum Gasteiger partial charge on any atom is 0.326 e. The van der Waals surface area contributed by atoms with Crippen LogP contribution in [0.25, 0.3) is 10.9 Å². The second-order valence-electron chi connectivity index (χ2n) is 18.2. The molecule has 8 amide bonds. The lowest BCUT2D eigenvalue weighted by atomic mass is 10.0. The summed E-state index contributed by atoms with van der Waals surface area (Å²) in [4.78, 5) is 134. The van der Waals surface area contributed by atoms with Gasteiger partial charge in [-0.2, -0.15) is 0 Å². The lowest BCUT2D eigenvalue weighted by molar-refractivity contribution is -0.142. The van der Waals surface area contributed by atoms with Crippen LogP contribution in [0.5, 0.6) is 0 Å². The molecule has 3 aromatic rings. The number of guanidine groups is 2. The number of fused-ring (bicyclic) bond motifs is 1. The van der Waals surface area contributed by atoms with E-state index in [1.807, 2.05) is 24.3 Å². The highest BCUT2D eigenvalue weighted by Gasteiger charge is 2.33. The average molecular weight is 1080 g/mol. The molecule has 27 nitrogen and oxygen atoms in total. The number of aromatic nitrogens is 1. The highest BCUT2D eigenvalue weighted by Crippen LogP contribution is 2.19. The summed E-state index contributed by atoms with van der Waals surface area (Å²) < 4.78 is 0. The minimum Gasteiger partial charge on any atom is -0.480 e. The molecular formula is C50H74N16O11. The highest BCUT2D eigenvalue weighted by atomic mass is 16.4. The molecule has 0 saturated carbocycles. The van der Waals surface area contributed by atoms with Gasteiger partial charge in [0.25, 0.3) is 0 Å². The minimum atomic E-state index is -1.58. The number of aliphatic carboxylic acids is 1. The fourth-order valence-electron chi connectivity index (χ4n) is 8.02. The smallest absolute Gasteiger partial charge is 0.326 e. The first-order valence-electron chi connectivity index (χ1n) is 25.1. The van der Waals surface area contributed by atoms with E-state index >= 15 is 0 Å². The van der Waals surface area contributed by atoms with Crippen molar-refractivity contribution < 1.29 is 53.1 Å². The third kappa shape index (κ3) is 23.6. The van der Waals surface area contributed by atoms with Gasteiger partial charge in [-0.25, -0.2) is 4.79 Å². The molecule has 3 rings (SSSR count). The number of amides is 8. The zero-order valence-electron chi connectivity index (χ0n) is 43.3. The second kappa shape index (κ2) is 33.3. The number of H-pyrrole nitrogens is 1. The number of para-hydroxylation sites is 1. The van der Waals surface area contributed by atoms with Crippen molar-refractivity contribution in [2.45, 2.75) is 126 Å². The van der Waals surface area contributed by atoms with Gasteiger partial charge in [-0.3, -0.25) is 49.2 Å². The molecule has 20 N–H and O–H groups in total. The molecule has 1 aromatic heterocycles. The van der Waals surface area contributed by atoms with E-state index in [-0.39, 0.29) is 82.9 Å². The minimum absolute atomic E-state index is 0.00674. The molecule has 77 heavy (non-hydrogen) atoms. The summed E-state index contributed by atoms with van der Waals surface area (Å²) in [5, 5.41) is 51.7. The number of likely N-dealkylation sites (N-methyl/N-ethyl adjacent to an activating group) is 1. The van der Waals surface area contributed by atoms with Gasteiger partial charge >= 0.3 is 5.97 Å². The molecule has 5 unspecified atom stereocenters. The third-order valence-electron chi connectivity index (χ3n) is 12.1. The number of benzene rings is 2. The van der Waals surface area contributed by atoms with Gasteiger partial charge in [0.1, 0.15) is 36.5 Å². The molecule has 7 atom stereocenters. The number of hydrogen-bond acceptors (Lipinski definition) is 13. The van der Waals surface area contributed by atoms with E-state index in [9.17, 15) is 53.1 Å². The second-order valence-corrected chi connectivity index (χ2v) is 18.2. The number of nitrogens with two attached hydrogens (primary N) is 3. The Balaban J connectivity index is 1.79. The first-order chi connectivity index (χ1) is 36.7. The zero-order valence-corrected chi connectivity index (χ0v) is 43.3. The summed E-state index contributed by atoms with van der Waals surface area (Å²) in [5.74, 6) is -8.08. The first kappa shape index (κ1) is 62.7. The SMILES string of the molecule is CN[C@@H](Cc1c[nH]c2ccccc12)C(=O)NC(CCCNC(=O)CCC(NC(=O)C(CCCNC(=N)N)NC(C)=O)C(=O)NC(CCC(N)=O)C(=O)NC(Cc1ccccc1)C(=O)N[C@H](C=O)CCCNC(=N)N)C(=O)O. The number of carboxylic acid groups (broad SMARTS) is 1. The Kier molecular flexibility index (Phi) is 27.1. The van der Waals surface area contributed by atoms with E-state index in [1.165, 1.54) is 6.92 Å². The number of primary amides is 1. The van der Waals surface area contributed by atoms with Gasteiger partial charge in [0.2, 0.25) is 47.3 Å². The maximum absolute atomic E-state index is 14.3. The van der Waals surface area contributed by atoms with Crippen molar-refractivity contribution in [2.75, 3.05) is 26.7 Å². The quantitative estimate of drug-likeness (QED) is 0.0121. The third-order valence-corrected chi connectivity index (χ3v) is 12.1. The molecule has 0 fully saturated rings. The van der Waals surface area contributed by atoms with Crippen molar-refractivity contribution in [3.05, 3.63) is 71.9 Å². The molecule has 2 aromatic carbocycles. The molecule has 0 spiro atoms. The summed E-state index contributed by atoms with van der Waals surface area (Å²) in [6.45, 7) is 1.51. The van der Waals surface area contributed by atoms with Gasteiger partial charge < -0.3 is 85.3 Å². The Morgan fingerprint density at radius 3 is 1.64 bits per heavy atom. The fraction of sp³-hybridized carbons (Fsp3) is 0.480. The van der Waals surface area contributed by atoms with E-state index in [0.717, 1.165) is 16.5 Å². The average Bonchev–Trinajstić information content (AvgIpc) is 3.80. The van der Waals surface area contributed by atoms with Gasteiger partial charge in [0, 0.05) is 62.9 Å².